The molecule has 22 heavy (non-hydrogen) atoms. The molecule has 0 fully saturated rings. The van der Waals surface area contributed by atoms with E-state index in [-0.39, 0.29) is 5.88 Å². The van der Waals surface area contributed by atoms with Crippen LogP contribution in [0, 0.1) is 0 Å². The second kappa shape index (κ2) is 6.58. The van der Waals surface area contributed by atoms with Crippen LogP contribution in [0.15, 0.2) is 36.5 Å². The summed E-state index contributed by atoms with van der Waals surface area (Å²) in [6.45, 7) is 0. The molecular weight excluding hydrogens is 359 g/mol. The Morgan fingerprint density at radius 2 is 1.77 bits per heavy atom. The predicted molar refractivity (Wildman–Crippen MR) is 75.4 cm³/mol. The molecule has 0 saturated carbocycles. The van der Waals surface area contributed by atoms with Crippen LogP contribution < -0.4 is 4.52 Å². The summed E-state index contributed by atoms with van der Waals surface area (Å²) in [7, 11) is -14.2. The number of benzene rings is 1. The molecule has 2 unspecified atom stereocenters. The van der Waals surface area contributed by atoms with E-state index in [2.05, 4.69) is 13.6 Å². The molecule has 0 aliphatic heterocycles. The molecule has 3 N–H and O–H groups in total. The number of pyridine rings is 1. The van der Waals surface area contributed by atoms with Crippen LogP contribution in [-0.2, 0) is 22.3 Å². The molecule has 0 aliphatic rings. The number of phosphoric acid groups is 2. The summed E-state index contributed by atoms with van der Waals surface area (Å²) in [5, 5.41) is 1.18. The maximum atomic E-state index is 11.6. The maximum Gasteiger partial charge on any atom is 0.488 e. The fraction of sp³-hybridized carbons (Fsp3) is 0. The van der Waals surface area contributed by atoms with Gasteiger partial charge in [0, 0.05) is 11.6 Å². The Balaban J connectivity index is 2.15. The molecule has 0 spiro atoms. The molecule has 1 heterocycles. The quantitative estimate of drug-likeness (QED) is 0.646. The fourth-order valence-corrected chi connectivity index (χ4v) is 4.25. The van der Waals surface area contributed by atoms with Crippen molar-refractivity contribution >= 4 is 34.7 Å². The Hall–Kier alpha value is -1.08. The zero-order valence-corrected chi connectivity index (χ0v) is 13.4. The van der Waals surface area contributed by atoms with Crippen molar-refractivity contribution in [2.45, 2.75) is 0 Å². The van der Waals surface area contributed by atoms with Gasteiger partial charge in [0.15, 0.2) is 0 Å². The zero-order chi connectivity index (χ0) is 16.4. The number of aromatic nitrogens is 1. The van der Waals surface area contributed by atoms with Crippen molar-refractivity contribution in [3.63, 3.8) is 0 Å². The van der Waals surface area contributed by atoms with Crippen LogP contribution in [0.5, 0.6) is 5.88 Å². The minimum Gasteiger partial charge on any atom is -0.407 e. The first kappa shape index (κ1) is 17.3. The number of fused-ring (bicyclic) bond motifs is 1. The Labute approximate surface area is 124 Å². The molecule has 13 heteroatoms. The molecular formula is C9H10NO9P3. The molecule has 0 bridgehead atoms. The van der Waals surface area contributed by atoms with E-state index in [1.54, 1.807) is 30.3 Å². The van der Waals surface area contributed by atoms with Crippen LogP contribution in [0.25, 0.3) is 10.8 Å². The topological polar surface area (TPSA) is 152 Å². The Morgan fingerprint density at radius 3 is 2.45 bits per heavy atom. The highest BCUT2D eigenvalue weighted by atomic mass is 31.3. The fourth-order valence-electron chi connectivity index (χ4n) is 1.52. The first-order chi connectivity index (χ1) is 10.2. The summed E-state index contributed by atoms with van der Waals surface area (Å²) in [6.07, 6.45) is 1.36. The average molecular weight is 369 g/mol. The van der Waals surface area contributed by atoms with Gasteiger partial charge in [0.25, 0.3) is 0 Å². The lowest BCUT2D eigenvalue weighted by Gasteiger charge is -2.12. The highest BCUT2D eigenvalue weighted by Crippen LogP contribution is 2.61. The van der Waals surface area contributed by atoms with Gasteiger partial charge in [-0.25, -0.2) is 18.7 Å². The van der Waals surface area contributed by atoms with Crippen molar-refractivity contribution < 1.29 is 41.5 Å². The van der Waals surface area contributed by atoms with E-state index in [4.69, 9.17) is 19.2 Å². The van der Waals surface area contributed by atoms with Crippen LogP contribution in [0.1, 0.15) is 0 Å². The third-order valence-corrected chi connectivity index (χ3v) is 5.77. The lowest BCUT2D eigenvalue weighted by molar-refractivity contribution is 0.227. The highest BCUT2D eigenvalue weighted by molar-refractivity contribution is 7.64. The van der Waals surface area contributed by atoms with E-state index in [1.807, 2.05) is 0 Å². The van der Waals surface area contributed by atoms with E-state index in [0.29, 0.717) is 10.8 Å². The second-order valence-corrected chi connectivity index (χ2v) is 7.83. The lowest BCUT2D eigenvalue weighted by atomic mass is 10.2. The minimum absolute atomic E-state index is 0.127. The molecule has 2 atom stereocenters. The molecule has 0 radical (unpaired) electrons. The van der Waals surface area contributed by atoms with Gasteiger partial charge < -0.3 is 19.2 Å². The molecule has 0 amide bonds. The summed E-state index contributed by atoms with van der Waals surface area (Å²) >= 11 is 0. The standard InChI is InChI=1S/C9H10NO9P3/c11-20(18-22(15,16)19-21(12,13)14)17-9-8-4-2-1-3-7(8)5-6-10-9/h1-6,20H,(H,15,16)(H2,12,13,14). The van der Waals surface area contributed by atoms with Crippen LogP contribution in [0.2, 0.25) is 0 Å². The van der Waals surface area contributed by atoms with Gasteiger partial charge in [-0.3, -0.25) is 0 Å². The Morgan fingerprint density at radius 1 is 1.09 bits per heavy atom. The number of rotatable bonds is 6. The number of hydrogen-bond acceptors (Lipinski definition) is 7. The first-order valence-electron chi connectivity index (χ1n) is 5.51. The molecule has 2 rings (SSSR count). The smallest absolute Gasteiger partial charge is 0.407 e. The molecule has 1 aromatic heterocycles. The summed E-state index contributed by atoms with van der Waals surface area (Å²) < 4.78 is 45.7. The minimum atomic E-state index is -5.30. The summed E-state index contributed by atoms with van der Waals surface area (Å²) in [4.78, 5) is 29.7. The van der Waals surface area contributed by atoms with E-state index >= 15 is 0 Å². The maximum absolute atomic E-state index is 11.6. The van der Waals surface area contributed by atoms with Crippen molar-refractivity contribution in [3.8, 4) is 5.88 Å². The third kappa shape index (κ3) is 4.98. The first-order valence-corrected chi connectivity index (χ1v) is 9.76. The van der Waals surface area contributed by atoms with E-state index in [1.165, 1.54) is 6.20 Å². The number of nitrogens with zero attached hydrogens (tertiary/aromatic N) is 1. The van der Waals surface area contributed by atoms with Crippen LogP contribution in [-0.4, -0.2) is 19.7 Å². The van der Waals surface area contributed by atoms with Gasteiger partial charge >= 0.3 is 23.9 Å². The number of hydrogen-bond donors (Lipinski definition) is 3. The van der Waals surface area contributed by atoms with Gasteiger partial charge in [-0.15, -0.1) is 0 Å². The highest BCUT2D eigenvalue weighted by Gasteiger charge is 2.35. The zero-order valence-electron chi connectivity index (χ0n) is 10.6. The SMILES string of the molecule is O=[PH](Oc1nccc2ccccc12)OP(=O)(O)OP(=O)(O)O. The molecule has 1 aromatic carbocycles. The molecule has 0 aliphatic carbocycles. The van der Waals surface area contributed by atoms with Crippen LogP contribution in [0.4, 0.5) is 0 Å². The molecule has 120 valence electrons. The van der Waals surface area contributed by atoms with Crippen LogP contribution >= 0.6 is 23.9 Å². The largest absolute Gasteiger partial charge is 0.488 e. The van der Waals surface area contributed by atoms with Gasteiger partial charge in [-0.05, 0) is 17.5 Å². The second-order valence-electron chi connectivity index (χ2n) is 3.82. The third-order valence-electron chi connectivity index (χ3n) is 2.22. The molecule has 2 aromatic rings. The van der Waals surface area contributed by atoms with Gasteiger partial charge in [-0.1, -0.05) is 18.2 Å². The van der Waals surface area contributed by atoms with Crippen molar-refractivity contribution in [1.82, 2.24) is 4.98 Å². The van der Waals surface area contributed by atoms with Crippen LogP contribution in [0.3, 0.4) is 0 Å². The Kier molecular flexibility index (Phi) is 5.17. The van der Waals surface area contributed by atoms with Gasteiger partial charge in [-0.2, -0.15) is 8.62 Å². The summed E-state index contributed by atoms with van der Waals surface area (Å²) in [5.74, 6) is -0.127. The van der Waals surface area contributed by atoms with Crippen molar-refractivity contribution in [1.29, 1.82) is 0 Å². The van der Waals surface area contributed by atoms with Gasteiger partial charge in [0.2, 0.25) is 5.88 Å². The van der Waals surface area contributed by atoms with E-state index < -0.39 is 23.9 Å². The summed E-state index contributed by atoms with van der Waals surface area (Å²) in [6, 6.07) is 8.42. The monoisotopic (exact) mass is 369 g/mol. The van der Waals surface area contributed by atoms with E-state index in [9.17, 15) is 13.7 Å². The molecule has 10 nitrogen and oxygen atoms in total. The summed E-state index contributed by atoms with van der Waals surface area (Å²) in [5.41, 5.74) is 0. The Bertz CT molecular complexity index is 799. The van der Waals surface area contributed by atoms with E-state index in [0.717, 1.165) is 0 Å². The normalized spacial score (nSPS) is 16.1. The van der Waals surface area contributed by atoms with Crippen molar-refractivity contribution in [2.75, 3.05) is 0 Å². The van der Waals surface area contributed by atoms with Gasteiger partial charge in [0.05, 0.1) is 0 Å². The lowest BCUT2D eigenvalue weighted by Crippen LogP contribution is -1.92. The average Bonchev–Trinajstić information content (AvgIpc) is 2.35. The van der Waals surface area contributed by atoms with Crippen molar-refractivity contribution in [2.24, 2.45) is 0 Å². The van der Waals surface area contributed by atoms with Gasteiger partial charge in [0.1, 0.15) is 0 Å². The predicted octanol–water partition coefficient (Wildman–Crippen LogP) is 2.23. The van der Waals surface area contributed by atoms with Crippen molar-refractivity contribution in [3.05, 3.63) is 36.5 Å². The molecule has 0 saturated heterocycles.